The molecule has 0 aromatic heterocycles. The minimum absolute atomic E-state index is 0.684. The highest BCUT2D eigenvalue weighted by Crippen LogP contribution is 2.25. The maximum Gasteiger partial charge on any atom is 0.0221 e. The first-order valence-electron chi connectivity index (χ1n) is 7.80. The van der Waals surface area contributed by atoms with E-state index in [-0.39, 0.29) is 0 Å². The average molecular weight is 238 g/mol. The molecule has 1 saturated heterocycles. The molecule has 0 bridgehead atoms. The molecule has 2 atom stereocenters. The molecule has 100 valence electrons. The van der Waals surface area contributed by atoms with Crippen LogP contribution in [0.25, 0.3) is 0 Å². The molecule has 2 heteroatoms. The van der Waals surface area contributed by atoms with E-state index in [1.807, 2.05) is 0 Å². The van der Waals surface area contributed by atoms with Crippen molar-refractivity contribution in [2.45, 2.75) is 83.3 Å². The maximum absolute atomic E-state index is 3.64. The normalized spacial score (nSPS) is 34.2. The summed E-state index contributed by atoms with van der Waals surface area (Å²) in [7, 11) is 0. The van der Waals surface area contributed by atoms with Gasteiger partial charge in [-0.3, -0.25) is 4.90 Å². The van der Waals surface area contributed by atoms with Gasteiger partial charge in [-0.2, -0.15) is 0 Å². The van der Waals surface area contributed by atoms with Crippen LogP contribution in [0.1, 0.15) is 65.2 Å². The third kappa shape index (κ3) is 3.69. The molecule has 1 heterocycles. The predicted molar refractivity (Wildman–Crippen MR) is 74.4 cm³/mol. The highest BCUT2D eigenvalue weighted by molar-refractivity contribution is 4.88. The fourth-order valence-electron chi connectivity index (χ4n) is 3.58. The SMILES string of the molecule is CCC1CNC(C)CN1C1CCCCCCC1. The highest BCUT2D eigenvalue weighted by atomic mass is 15.2. The molecule has 1 aliphatic heterocycles. The van der Waals surface area contributed by atoms with Crippen molar-refractivity contribution >= 4 is 0 Å². The van der Waals surface area contributed by atoms with Crippen molar-refractivity contribution < 1.29 is 0 Å². The van der Waals surface area contributed by atoms with Gasteiger partial charge in [-0.25, -0.2) is 0 Å². The summed E-state index contributed by atoms with van der Waals surface area (Å²) >= 11 is 0. The lowest BCUT2D eigenvalue weighted by Crippen LogP contribution is -2.58. The van der Waals surface area contributed by atoms with Gasteiger partial charge in [0.1, 0.15) is 0 Å². The smallest absolute Gasteiger partial charge is 0.0221 e. The first kappa shape index (κ1) is 13.4. The van der Waals surface area contributed by atoms with E-state index >= 15 is 0 Å². The molecule has 0 aromatic rings. The van der Waals surface area contributed by atoms with Crippen molar-refractivity contribution in [1.82, 2.24) is 10.2 Å². The molecule has 2 rings (SSSR count). The number of nitrogens with zero attached hydrogens (tertiary/aromatic N) is 1. The molecule has 2 aliphatic rings. The van der Waals surface area contributed by atoms with E-state index in [1.54, 1.807) is 0 Å². The Morgan fingerprint density at radius 3 is 2.35 bits per heavy atom. The number of piperazine rings is 1. The van der Waals surface area contributed by atoms with Crippen molar-refractivity contribution in [3.63, 3.8) is 0 Å². The number of nitrogens with one attached hydrogen (secondary N) is 1. The second-order valence-corrected chi connectivity index (χ2v) is 6.07. The zero-order valence-corrected chi connectivity index (χ0v) is 11.8. The van der Waals surface area contributed by atoms with E-state index in [9.17, 15) is 0 Å². The van der Waals surface area contributed by atoms with Gasteiger partial charge in [0.05, 0.1) is 0 Å². The summed E-state index contributed by atoms with van der Waals surface area (Å²) in [6.45, 7) is 7.15. The summed E-state index contributed by atoms with van der Waals surface area (Å²) in [4.78, 5) is 2.84. The lowest BCUT2D eigenvalue weighted by Gasteiger charge is -2.44. The molecular formula is C15H30N2. The van der Waals surface area contributed by atoms with Crippen molar-refractivity contribution in [3.8, 4) is 0 Å². The second-order valence-electron chi connectivity index (χ2n) is 6.07. The van der Waals surface area contributed by atoms with E-state index in [4.69, 9.17) is 0 Å². The van der Waals surface area contributed by atoms with Gasteiger partial charge in [-0.05, 0) is 26.2 Å². The standard InChI is InChI=1S/C15H30N2/c1-3-14-11-16-13(2)12-17(14)15-9-7-5-4-6-8-10-15/h13-16H,3-12H2,1-2H3. The van der Waals surface area contributed by atoms with Gasteiger partial charge in [0.15, 0.2) is 0 Å². The summed E-state index contributed by atoms with van der Waals surface area (Å²) in [6, 6.07) is 2.35. The molecule has 17 heavy (non-hydrogen) atoms. The van der Waals surface area contributed by atoms with Crippen LogP contribution >= 0.6 is 0 Å². The van der Waals surface area contributed by atoms with Gasteiger partial charge in [0.2, 0.25) is 0 Å². The molecule has 2 nitrogen and oxygen atoms in total. The fourth-order valence-corrected chi connectivity index (χ4v) is 3.58. The number of hydrogen-bond acceptors (Lipinski definition) is 2. The molecule has 2 unspecified atom stereocenters. The molecular weight excluding hydrogens is 208 g/mol. The lowest BCUT2D eigenvalue weighted by atomic mass is 9.93. The maximum atomic E-state index is 3.64. The number of rotatable bonds is 2. The molecule has 1 aliphatic carbocycles. The van der Waals surface area contributed by atoms with Crippen molar-refractivity contribution in [2.75, 3.05) is 13.1 Å². The third-order valence-corrected chi connectivity index (χ3v) is 4.67. The van der Waals surface area contributed by atoms with Crippen LogP contribution in [0.2, 0.25) is 0 Å². The quantitative estimate of drug-likeness (QED) is 0.795. The van der Waals surface area contributed by atoms with Crippen LogP contribution in [0.3, 0.4) is 0 Å². The summed E-state index contributed by atoms with van der Waals surface area (Å²) in [5.74, 6) is 0. The minimum atomic E-state index is 0.684. The largest absolute Gasteiger partial charge is 0.311 e. The summed E-state index contributed by atoms with van der Waals surface area (Å²) < 4.78 is 0. The Kier molecular flexibility index (Phi) is 5.30. The van der Waals surface area contributed by atoms with Crippen LogP contribution in [0.5, 0.6) is 0 Å². The van der Waals surface area contributed by atoms with Crippen LogP contribution in [0, 0.1) is 0 Å². The van der Waals surface area contributed by atoms with Crippen molar-refractivity contribution in [1.29, 1.82) is 0 Å². The van der Waals surface area contributed by atoms with Crippen LogP contribution < -0.4 is 5.32 Å². The monoisotopic (exact) mass is 238 g/mol. The molecule has 0 spiro atoms. The van der Waals surface area contributed by atoms with Crippen molar-refractivity contribution in [2.24, 2.45) is 0 Å². The average Bonchev–Trinajstić information content (AvgIpc) is 2.28. The van der Waals surface area contributed by atoms with Gasteiger partial charge < -0.3 is 5.32 Å². The Morgan fingerprint density at radius 1 is 1.06 bits per heavy atom. The Hall–Kier alpha value is -0.0800. The fraction of sp³-hybridized carbons (Fsp3) is 1.00. The van der Waals surface area contributed by atoms with Gasteiger partial charge in [0, 0.05) is 31.2 Å². The molecule has 1 N–H and O–H groups in total. The zero-order valence-electron chi connectivity index (χ0n) is 11.8. The summed E-state index contributed by atoms with van der Waals surface area (Å²) in [5.41, 5.74) is 0. The van der Waals surface area contributed by atoms with Crippen LogP contribution in [0.4, 0.5) is 0 Å². The Balaban J connectivity index is 1.95. The van der Waals surface area contributed by atoms with E-state index in [0.29, 0.717) is 6.04 Å². The van der Waals surface area contributed by atoms with E-state index < -0.39 is 0 Å². The lowest BCUT2D eigenvalue weighted by molar-refractivity contribution is 0.0684. The minimum Gasteiger partial charge on any atom is -0.311 e. The van der Waals surface area contributed by atoms with Gasteiger partial charge >= 0.3 is 0 Å². The van der Waals surface area contributed by atoms with E-state index in [0.717, 1.165) is 12.1 Å². The van der Waals surface area contributed by atoms with E-state index in [1.165, 1.54) is 64.5 Å². The van der Waals surface area contributed by atoms with Crippen LogP contribution in [0.15, 0.2) is 0 Å². The second kappa shape index (κ2) is 6.75. The molecule has 0 aromatic carbocycles. The van der Waals surface area contributed by atoms with Crippen LogP contribution in [-0.2, 0) is 0 Å². The Bertz CT molecular complexity index is 209. The van der Waals surface area contributed by atoms with Gasteiger partial charge in [0.25, 0.3) is 0 Å². The Morgan fingerprint density at radius 2 is 1.71 bits per heavy atom. The summed E-state index contributed by atoms with van der Waals surface area (Å²) in [6.07, 6.45) is 11.5. The number of hydrogen-bond donors (Lipinski definition) is 1. The van der Waals surface area contributed by atoms with E-state index in [2.05, 4.69) is 24.1 Å². The Labute approximate surface area is 107 Å². The van der Waals surface area contributed by atoms with Crippen LogP contribution in [-0.4, -0.2) is 36.1 Å². The highest BCUT2D eigenvalue weighted by Gasteiger charge is 2.30. The molecule has 2 fully saturated rings. The molecule has 0 amide bonds. The molecule has 0 radical (unpaired) electrons. The topological polar surface area (TPSA) is 15.3 Å². The summed E-state index contributed by atoms with van der Waals surface area (Å²) in [5, 5.41) is 3.64. The van der Waals surface area contributed by atoms with Crippen molar-refractivity contribution in [3.05, 3.63) is 0 Å². The first-order valence-corrected chi connectivity index (χ1v) is 7.80. The molecule has 1 saturated carbocycles. The van der Waals surface area contributed by atoms with Gasteiger partial charge in [-0.1, -0.05) is 39.0 Å². The third-order valence-electron chi connectivity index (χ3n) is 4.67. The predicted octanol–water partition coefficient (Wildman–Crippen LogP) is 3.17. The van der Waals surface area contributed by atoms with Gasteiger partial charge in [-0.15, -0.1) is 0 Å². The first-order chi connectivity index (χ1) is 8.31. The zero-order chi connectivity index (χ0) is 12.1.